The monoisotopic (exact) mass is 250 g/mol. The highest BCUT2D eigenvalue weighted by Crippen LogP contribution is 2.01. The van der Waals surface area contributed by atoms with Crippen LogP contribution < -0.4 is 0 Å². The highest BCUT2D eigenvalue weighted by molar-refractivity contribution is 6.18. The third-order valence-corrected chi connectivity index (χ3v) is 3.02. The van der Waals surface area contributed by atoms with Gasteiger partial charge in [0.05, 0.1) is 19.8 Å². The highest BCUT2D eigenvalue weighted by atomic mass is 35.5. The van der Waals surface area contributed by atoms with Crippen molar-refractivity contribution in [1.82, 2.24) is 9.80 Å². The van der Waals surface area contributed by atoms with Crippen molar-refractivity contribution < 1.29 is 9.47 Å². The quantitative estimate of drug-likeness (QED) is 0.463. The van der Waals surface area contributed by atoms with E-state index in [1.807, 2.05) is 0 Å². The molecule has 0 radical (unpaired) electrons. The minimum absolute atomic E-state index is 0.684. The van der Waals surface area contributed by atoms with Gasteiger partial charge in [0, 0.05) is 52.3 Å². The molecular formula is C11H23ClN2O2. The predicted octanol–water partition coefficient (Wildman–Crippen LogP) is 0.506. The second-order valence-corrected chi connectivity index (χ2v) is 4.36. The average molecular weight is 251 g/mol. The molecule has 0 unspecified atom stereocenters. The summed E-state index contributed by atoms with van der Waals surface area (Å²) in [6.45, 7) is 8.74. The van der Waals surface area contributed by atoms with Gasteiger partial charge in [-0.2, -0.15) is 0 Å². The van der Waals surface area contributed by atoms with Crippen molar-refractivity contribution in [2.75, 3.05) is 72.1 Å². The molecular weight excluding hydrogens is 228 g/mol. The van der Waals surface area contributed by atoms with Gasteiger partial charge in [-0.25, -0.2) is 0 Å². The van der Waals surface area contributed by atoms with E-state index in [4.69, 9.17) is 21.1 Å². The number of alkyl halides is 1. The van der Waals surface area contributed by atoms with Gasteiger partial charge in [0.1, 0.15) is 0 Å². The Kier molecular flexibility index (Phi) is 8.15. The van der Waals surface area contributed by atoms with E-state index in [9.17, 15) is 0 Å². The van der Waals surface area contributed by atoms with Crippen LogP contribution in [0.2, 0.25) is 0 Å². The standard InChI is InChI=1S/C11H23ClN2O2/c1-15-10-11-16-9-8-14-6-4-13(3-2-12)5-7-14/h2-11H2,1H3. The van der Waals surface area contributed by atoms with E-state index in [0.717, 1.165) is 51.8 Å². The minimum atomic E-state index is 0.684. The van der Waals surface area contributed by atoms with Crippen LogP contribution in [0.5, 0.6) is 0 Å². The molecule has 0 amide bonds. The van der Waals surface area contributed by atoms with Crippen LogP contribution in [0.15, 0.2) is 0 Å². The van der Waals surface area contributed by atoms with Crippen molar-refractivity contribution in [3.63, 3.8) is 0 Å². The van der Waals surface area contributed by atoms with Crippen LogP contribution in [0, 0.1) is 0 Å². The largest absolute Gasteiger partial charge is 0.382 e. The molecule has 4 nitrogen and oxygen atoms in total. The van der Waals surface area contributed by atoms with Crippen molar-refractivity contribution in [1.29, 1.82) is 0 Å². The predicted molar refractivity (Wildman–Crippen MR) is 66.3 cm³/mol. The van der Waals surface area contributed by atoms with E-state index in [1.165, 1.54) is 0 Å². The first-order valence-electron chi connectivity index (χ1n) is 5.94. The zero-order chi connectivity index (χ0) is 11.6. The fourth-order valence-electron chi connectivity index (χ4n) is 1.79. The summed E-state index contributed by atoms with van der Waals surface area (Å²) in [6.07, 6.45) is 0. The van der Waals surface area contributed by atoms with Gasteiger partial charge in [-0.1, -0.05) is 0 Å². The van der Waals surface area contributed by atoms with Gasteiger partial charge in [-0.15, -0.1) is 11.6 Å². The van der Waals surface area contributed by atoms with Crippen molar-refractivity contribution in [3.05, 3.63) is 0 Å². The molecule has 16 heavy (non-hydrogen) atoms. The van der Waals surface area contributed by atoms with Crippen molar-refractivity contribution in [3.8, 4) is 0 Å². The molecule has 0 spiro atoms. The first-order chi connectivity index (χ1) is 7.86. The third-order valence-electron chi connectivity index (χ3n) is 2.85. The molecule has 0 aromatic carbocycles. The number of nitrogens with zero attached hydrogens (tertiary/aromatic N) is 2. The second kappa shape index (κ2) is 9.19. The lowest BCUT2D eigenvalue weighted by atomic mass is 10.3. The van der Waals surface area contributed by atoms with Gasteiger partial charge in [0.25, 0.3) is 0 Å². The number of rotatable bonds is 8. The maximum Gasteiger partial charge on any atom is 0.0700 e. The molecule has 1 fully saturated rings. The van der Waals surface area contributed by atoms with E-state index in [1.54, 1.807) is 7.11 Å². The molecule has 0 saturated carbocycles. The van der Waals surface area contributed by atoms with E-state index < -0.39 is 0 Å². The number of ether oxygens (including phenoxy) is 2. The summed E-state index contributed by atoms with van der Waals surface area (Å²) < 4.78 is 10.4. The Morgan fingerprint density at radius 2 is 1.56 bits per heavy atom. The molecule has 1 aliphatic heterocycles. The maximum absolute atomic E-state index is 5.72. The molecule has 0 aliphatic carbocycles. The number of methoxy groups -OCH3 is 1. The zero-order valence-electron chi connectivity index (χ0n) is 10.2. The maximum atomic E-state index is 5.72. The second-order valence-electron chi connectivity index (χ2n) is 3.98. The van der Waals surface area contributed by atoms with Gasteiger partial charge in [-0.05, 0) is 0 Å². The Morgan fingerprint density at radius 1 is 0.938 bits per heavy atom. The number of hydrogen-bond acceptors (Lipinski definition) is 4. The SMILES string of the molecule is COCCOCCN1CCN(CCCl)CC1. The molecule has 0 bridgehead atoms. The first kappa shape index (κ1) is 14.2. The highest BCUT2D eigenvalue weighted by Gasteiger charge is 2.15. The van der Waals surface area contributed by atoms with E-state index in [0.29, 0.717) is 13.2 Å². The van der Waals surface area contributed by atoms with Crippen LogP contribution in [0.4, 0.5) is 0 Å². The molecule has 0 aromatic rings. The van der Waals surface area contributed by atoms with E-state index in [-0.39, 0.29) is 0 Å². The number of halogens is 1. The number of hydrogen-bond donors (Lipinski definition) is 0. The zero-order valence-corrected chi connectivity index (χ0v) is 10.9. The molecule has 1 saturated heterocycles. The summed E-state index contributed by atoms with van der Waals surface area (Å²) in [4.78, 5) is 4.85. The molecule has 1 aliphatic rings. The molecule has 1 rings (SSSR count). The summed E-state index contributed by atoms with van der Waals surface area (Å²) >= 11 is 5.72. The summed E-state index contributed by atoms with van der Waals surface area (Å²) in [5.74, 6) is 0.736. The van der Waals surface area contributed by atoms with E-state index >= 15 is 0 Å². The molecule has 96 valence electrons. The topological polar surface area (TPSA) is 24.9 Å². The summed E-state index contributed by atoms with van der Waals surface area (Å²) in [5, 5.41) is 0. The summed E-state index contributed by atoms with van der Waals surface area (Å²) in [7, 11) is 1.69. The normalized spacial score (nSPS) is 19.1. The van der Waals surface area contributed by atoms with Crippen LogP contribution in [-0.4, -0.2) is 81.9 Å². The van der Waals surface area contributed by atoms with Crippen LogP contribution in [0.1, 0.15) is 0 Å². The Balaban J connectivity index is 1.95. The Labute approximate surface area is 103 Å². The van der Waals surface area contributed by atoms with Gasteiger partial charge in [-0.3, -0.25) is 9.80 Å². The number of piperazine rings is 1. The van der Waals surface area contributed by atoms with Crippen LogP contribution in [-0.2, 0) is 9.47 Å². The lowest BCUT2D eigenvalue weighted by Crippen LogP contribution is -2.47. The van der Waals surface area contributed by atoms with Crippen molar-refractivity contribution in [2.45, 2.75) is 0 Å². The smallest absolute Gasteiger partial charge is 0.0700 e. The molecule has 0 N–H and O–H groups in total. The van der Waals surface area contributed by atoms with Gasteiger partial charge in [0.2, 0.25) is 0 Å². The summed E-state index contributed by atoms with van der Waals surface area (Å²) in [5.41, 5.74) is 0. The first-order valence-corrected chi connectivity index (χ1v) is 6.47. The van der Waals surface area contributed by atoms with Crippen LogP contribution in [0.25, 0.3) is 0 Å². The molecule has 0 aromatic heterocycles. The lowest BCUT2D eigenvalue weighted by Gasteiger charge is -2.34. The lowest BCUT2D eigenvalue weighted by molar-refractivity contribution is 0.0468. The fraction of sp³-hybridized carbons (Fsp3) is 1.00. The van der Waals surface area contributed by atoms with Crippen LogP contribution >= 0.6 is 11.6 Å². The van der Waals surface area contributed by atoms with E-state index in [2.05, 4.69) is 9.80 Å². The molecule has 1 heterocycles. The van der Waals surface area contributed by atoms with Crippen LogP contribution in [0.3, 0.4) is 0 Å². The average Bonchev–Trinajstić information content (AvgIpc) is 2.31. The Bertz CT molecular complexity index is 164. The van der Waals surface area contributed by atoms with Crippen molar-refractivity contribution >= 4 is 11.6 Å². The summed E-state index contributed by atoms with van der Waals surface area (Å²) in [6, 6.07) is 0. The minimum Gasteiger partial charge on any atom is -0.382 e. The third kappa shape index (κ3) is 6.01. The Morgan fingerprint density at radius 3 is 2.12 bits per heavy atom. The van der Waals surface area contributed by atoms with Gasteiger partial charge in [0.15, 0.2) is 0 Å². The molecule has 5 heteroatoms. The van der Waals surface area contributed by atoms with Crippen molar-refractivity contribution in [2.24, 2.45) is 0 Å². The molecule has 0 atom stereocenters. The Hall–Kier alpha value is 0.130. The van der Waals surface area contributed by atoms with Gasteiger partial charge < -0.3 is 9.47 Å². The fourth-order valence-corrected chi connectivity index (χ4v) is 2.03. The van der Waals surface area contributed by atoms with Gasteiger partial charge >= 0.3 is 0 Å².